The number of urea groups is 1. The van der Waals surface area contributed by atoms with Crippen LogP contribution in [0.4, 0.5) is 23.7 Å². The van der Waals surface area contributed by atoms with E-state index in [0.717, 1.165) is 31.9 Å². The third kappa shape index (κ3) is 4.06. The molecule has 0 aromatic heterocycles. The molecule has 4 rings (SSSR count). The Morgan fingerprint density at radius 3 is 2.41 bits per heavy atom. The number of nitrogens with zero attached hydrogens (tertiary/aromatic N) is 2. The lowest BCUT2D eigenvalue weighted by Gasteiger charge is -2.56. The molecule has 0 unspecified atom stereocenters. The number of anilines is 1. The van der Waals surface area contributed by atoms with Crippen molar-refractivity contribution in [3.63, 3.8) is 0 Å². The number of hydrogen-bond donors (Lipinski definition) is 2. The Bertz CT molecular complexity index is 747. The zero-order valence-corrected chi connectivity index (χ0v) is 14.8. The Morgan fingerprint density at radius 1 is 1.26 bits per heavy atom. The number of carbonyl (C=O) groups is 2. The molecule has 148 valence electrons. The highest BCUT2D eigenvalue weighted by molar-refractivity contribution is 6.30. The van der Waals surface area contributed by atoms with Crippen molar-refractivity contribution in [2.75, 3.05) is 44.2 Å². The lowest BCUT2D eigenvalue weighted by atomic mass is 9.75. The summed E-state index contributed by atoms with van der Waals surface area (Å²) in [7, 11) is 0. The van der Waals surface area contributed by atoms with Crippen LogP contribution in [-0.4, -0.2) is 67.5 Å². The molecule has 27 heavy (non-hydrogen) atoms. The number of fused-ring (bicyclic) bond motifs is 1. The molecule has 2 N–H and O–H groups in total. The maximum Gasteiger partial charge on any atom is 0.490 e. The minimum atomic E-state index is -5.08. The predicted molar refractivity (Wildman–Crippen MR) is 90.3 cm³/mol. The summed E-state index contributed by atoms with van der Waals surface area (Å²) in [6.45, 7) is 4.89. The summed E-state index contributed by atoms with van der Waals surface area (Å²) in [6.07, 6.45) is -5.08. The van der Waals surface area contributed by atoms with Crippen LogP contribution in [0.2, 0.25) is 5.02 Å². The number of alkyl halides is 3. The quantitative estimate of drug-likeness (QED) is 0.689. The van der Waals surface area contributed by atoms with Crippen molar-refractivity contribution in [2.45, 2.75) is 6.18 Å². The molecule has 2 fully saturated rings. The minimum Gasteiger partial charge on any atom is -0.489 e. The van der Waals surface area contributed by atoms with Gasteiger partial charge in [0.1, 0.15) is 12.4 Å². The molecule has 1 aromatic carbocycles. The topological polar surface area (TPSA) is 82.1 Å². The smallest absolute Gasteiger partial charge is 0.489 e. The molecule has 0 saturated carbocycles. The Balaban J connectivity index is 0.000000260. The maximum absolute atomic E-state index is 12.6. The van der Waals surface area contributed by atoms with E-state index in [-0.39, 0.29) is 6.03 Å². The van der Waals surface area contributed by atoms with E-state index in [1.165, 1.54) is 0 Å². The molecule has 1 aromatic rings. The molecule has 0 atom stereocenters. The SMILES string of the molecule is O=C(N1CC2(CNC2)C1)N1CCOc2cc(Cl)ccc21.O=C(O)C(F)(F)F. The first-order chi connectivity index (χ1) is 12.6. The van der Waals surface area contributed by atoms with Crippen molar-refractivity contribution in [3.05, 3.63) is 23.2 Å². The van der Waals surface area contributed by atoms with Crippen molar-refractivity contribution in [3.8, 4) is 5.75 Å². The lowest BCUT2D eigenvalue weighted by Crippen LogP contribution is -2.73. The molecular formula is C16H17ClF3N3O4. The second-order valence-electron chi connectivity index (χ2n) is 6.66. The molecule has 1 spiro atoms. The average Bonchev–Trinajstić information content (AvgIpc) is 2.50. The molecule has 0 bridgehead atoms. The summed E-state index contributed by atoms with van der Waals surface area (Å²) in [5.74, 6) is -2.06. The minimum absolute atomic E-state index is 0.0781. The number of carboxylic acid groups (broad SMARTS) is 1. The summed E-state index contributed by atoms with van der Waals surface area (Å²) < 4.78 is 37.3. The summed E-state index contributed by atoms with van der Waals surface area (Å²) in [6, 6.07) is 5.50. The third-order valence-electron chi connectivity index (χ3n) is 4.58. The molecule has 2 saturated heterocycles. The molecule has 3 aliphatic rings. The highest BCUT2D eigenvalue weighted by atomic mass is 35.5. The van der Waals surface area contributed by atoms with Crippen LogP contribution in [0.1, 0.15) is 0 Å². The Hall–Kier alpha value is -2.20. The highest BCUT2D eigenvalue weighted by Crippen LogP contribution is 2.38. The van der Waals surface area contributed by atoms with Crippen LogP contribution in [0, 0.1) is 5.41 Å². The molecule has 3 heterocycles. The van der Waals surface area contributed by atoms with Gasteiger partial charge in [-0.2, -0.15) is 13.2 Å². The van der Waals surface area contributed by atoms with Crippen molar-refractivity contribution in [1.29, 1.82) is 0 Å². The van der Waals surface area contributed by atoms with Gasteiger partial charge in [-0.1, -0.05) is 11.6 Å². The fourth-order valence-corrected chi connectivity index (χ4v) is 3.33. The van der Waals surface area contributed by atoms with E-state index in [2.05, 4.69) is 5.32 Å². The van der Waals surface area contributed by atoms with Crippen LogP contribution in [0.25, 0.3) is 0 Å². The van der Waals surface area contributed by atoms with Gasteiger partial charge < -0.3 is 20.1 Å². The second-order valence-corrected chi connectivity index (χ2v) is 7.09. The molecule has 11 heteroatoms. The summed E-state index contributed by atoms with van der Waals surface area (Å²) in [5, 5.41) is 11.0. The van der Waals surface area contributed by atoms with Crippen LogP contribution in [0.15, 0.2) is 18.2 Å². The molecule has 0 aliphatic carbocycles. The zero-order chi connectivity index (χ0) is 19.8. The summed E-state index contributed by atoms with van der Waals surface area (Å²) >= 11 is 5.97. The maximum atomic E-state index is 12.6. The zero-order valence-electron chi connectivity index (χ0n) is 14.1. The van der Waals surface area contributed by atoms with E-state index in [1.807, 2.05) is 11.0 Å². The number of hydrogen-bond acceptors (Lipinski definition) is 4. The largest absolute Gasteiger partial charge is 0.490 e. The van der Waals surface area contributed by atoms with E-state index in [9.17, 15) is 18.0 Å². The van der Waals surface area contributed by atoms with Crippen molar-refractivity contribution in [2.24, 2.45) is 5.41 Å². The van der Waals surface area contributed by atoms with Gasteiger partial charge >= 0.3 is 18.2 Å². The standard InChI is InChI=1S/C14H16ClN3O2.C2HF3O2/c15-10-1-2-11-12(5-10)20-4-3-18(11)13(19)17-8-14(9-17)6-16-7-14;3-2(4,5)1(6)7/h1-2,5,16H,3-4,6-9H2;(H,6,7). The van der Waals surface area contributed by atoms with Gasteiger partial charge in [-0.25, -0.2) is 9.59 Å². The summed E-state index contributed by atoms with van der Waals surface area (Å²) in [5.41, 5.74) is 1.17. The second kappa shape index (κ2) is 7.08. The number of carboxylic acids is 1. The monoisotopic (exact) mass is 407 g/mol. The van der Waals surface area contributed by atoms with Crippen molar-refractivity contribution < 1.29 is 32.6 Å². The fourth-order valence-electron chi connectivity index (χ4n) is 3.16. The number of ether oxygens (including phenoxy) is 1. The number of benzene rings is 1. The lowest BCUT2D eigenvalue weighted by molar-refractivity contribution is -0.192. The Morgan fingerprint density at radius 2 is 1.89 bits per heavy atom. The van der Waals surface area contributed by atoms with E-state index in [0.29, 0.717) is 29.3 Å². The number of amides is 2. The van der Waals surface area contributed by atoms with E-state index >= 15 is 0 Å². The fraction of sp³-hybridized carbons (Fsp3) is 0.500. The van der Waals surface area contributed by atoms with Crippen molar-refractivity contribution in [1.82, 2.24) is 10.2 Å². The summed E-state index contributed by atoms with van der Waals surface area (Å²) in [4.78, 5) is 25.2. The number of aliphatic carboxylic acids is 1. The average molecular weight is 408 g/mol. The van der Waals surface area contributed by atoms with Gasteiger partial charge in [0.25, 0.3) is 0 Å². The number of carbonyl (C=O) groups excluding carboxylic acids is 1. The first-order valence-electron chi connectivity index (χ1n) is 8.11. The van der Waals surface area contributed by atoms with Gasteiger partial charge in [-0.3, -0.25) is 4.90 Å². The van der Waals surface area contributed by atoms with E-state index in [4.69, 9.17) is 26.2 Å². The van der Waals surface area contributed by atoms with Gasteiger partial charge in [0.15, 0.2) is 0 Å². The normalized spacial score (nSPS) is 19.7. The number of rotatable bonds is 0. The van der Waals surface area contributed by atoms with Gasteiger partial charge in [-0.05, 0) is 12.1 Å². The number of halogens is 4. The van der Waals surface area contributed by atoms with Crippen LogP contribution in [-0.2, 0) is 4.79 Å². The van der Waals surface area contributed by atoms with Crippen molar-refractivity contribution >= 4 is 29.3 Å². The van der Waals surface area contributed by atoms with E-state index < -0.39 is 12.1 Å². The third-order valence-corrected chi connectivity index (χ3v) is 4.82. The molecule has 0 radical (unpaired) electrons. The predicted octanol–water partition coefficient (Wildman–Crippen LogP) is 2.20. The van der Waals surface area contributed by atoms with Crippen LogP contribution in [0.3, 0.4) is 0 Å². The first-order valence-corrected chi connectivity index (χ1v) is 8.49. The van der Waals surface area contributed by atoms with Gasteiger partial charge in [0.05, 0.1) is 12.2 Å². The molecule has 2 amide bonds. The molecule has 3 aliphatic heterocycles. The first kappa shape index (κ1) is 19.6. The Labute approximate surface area is 157 Å². The van der Waals surface area contributed by atoms with E-state index in [1.54, 1.807) is 17.0 Å². The van der Waals surface area contributed by atoms with Gasteiger partial charge in [0.2, 0.25) is 0 Å². The number of likely N-dealkylation sites (tertiary alicyclic amines) is 1. The number of nitrogens with one attached hydrogen (secondary N) is 1. The molecule has 7 nitrogen and oxygen atoms in total. The van der Waals surface area contributed by atoms with Gasteiger partial charge in [-0.15, -0.1) is 0 Å². The molecular weight excluding hydrogens is 391 g/mol. The van der Waals surface area contributed by atoms with Crippen LogP contribution >= 0.6 is 11.6 Å². The van der Waals surface area contributed by atoms with Crippen LogP contribution < -0.4 is 15.0 Å². The van der Waals surface area contributed by atoms with Gasteiger partial charge in [0, 0.05) is 42.7 Å². The van der Waals surface area contributed by atoms with Crippen LogP contribution in [0.5, 0.6) is 5.75 Å². The highest BCUT2D eigenvalue weighted by Gasteiger charge is 2.50. The Kier molecular flexibility index (Phi) is 5.13.